The molecule has 0 aliphatic carbocycles. The summed E-state index contributed by atoms with van der Waals surface area (Å²) in [4.78, 5) is 4.54. The molecule has 0 amide bonds. The third-order valence-corrected chi connectivity index (χ3v) is 3.95. The van der Waals surface area contributed by atoms with Crippen LogP contribution >= 0.6 is 0 Å². The number of methoxy groups -OCH3 is 1. The lowest BCUT2D eigenvalue weighted by molar-refractivity contribution is 0.252. The number of ether oxygens (including phenoxy) is 1. The van der Waals surface area contributed by atoms with Crippen LogP contribution in [-0.4, -0.2) is 30.3 Å². The van der Waals surface area contributed by atoms with Crippen molar-refractivity contribution in [3.63, 3.8) is 0 Å². The van der Waals surface area contributed by atoms with Crippen molar-refractivity contribution in [2.24, 2.45) is 5.92 Å². The lowest BCUT2D eigenvalue weighted by Gasteiger charge is -2.30. The molecule has 1 aliphatic heterocycles. The van der Waals surface area contributed by atoms with Gasteiger partial charge in [0.25, 0.3) is 0 Å². The van der Waals surface area contributed by atoms with Crippen LogP contribution in [-0.2, 0) is 0 Å². The number of nitrogens with one attached hydrogen (secondary N) is 1. The summed E-state index contributed by atoms with van der Waals surface area (Å²) in [6.45, 7) is 6.20. The van der Waals surface area contributed by atoms with Gasteiger partial charge in [-0.2, -0.15) is 4.98 Å². The molecule has 5 heteroatoms. The van der Waals surface area contributed by atoms with E-state index in [2.05, 4.69) is 22.4 Å². The smallest absolute Gasteiger partial charge is 0.230 e. The van der Waals surface area contributed by atoms with Gasteiger partial charge in [-0.15, -0.1) is 0 Å². The van der Waals surface area contributed by atoms with Crippen LogP contribution in [0, 0.1) is 12.8 Å². The molecule has 106 valence electrons. The summed E-state index contributed by atoms with van der Waals surface area (Å²) in [5, 5.41) is 7.37. The number of aryl methyl sites for hydroxylation is 1. The molecular weight excluding hydrogens is 254 g/mol. The van der Waals surface area contributed by atoms with Crippen LogP contribution in [0.3, 0.4) is 0 Å². The predicted octanol–water partition coefficient (Wildman–Crippen LogP) is 2.38. The van der Waals surface area contributed by atoms with E-state index in [0.717, 1.165) is 30.0 Å². The maximum Gasteiger partial charge on any atom is 0.230 e. The molecule has 1 fully saturated rings. The summed E-state index contributed by atoms with van der Waals surface area (Å²) < 4.78 is 10.8. The first-order valence-corrected chi connectivity index (χ1v) is 6.88. The molecule has 1 atom stereocenters. The van der Waals surface area contributed by atoms with E-state index in [9.17, 15) is 0 Å². The van der Waals surface area contributed by atoms with Crippen molar-refractivity contribution in [2.75, 3.05) is 20.2 Å². The minimum atomic E-state index is 0.286. The Morgan fingerprint density at radius 1 is 1.40 bits per heavy atom. The molecule has 20 heavy (non-hydrogen) atoms. The van der Waals surface area contributed by atoms with Gasteiger partial charge in [0, 0.05) is 5.92 Å². The molecule has 2 aromatic rings. The Bertz CT molecular complexity index is 605. The number of hydrogen-bond acceptors (Lipinski definition) is 5. The summed E-state index contributed by atoms with van der Waals surface area (Å²) in [5.74, 6) is 2.94. The molecule has 0 bridgehead atoms. The molecule has 1 N–H and O–H groups in total. The van der Waals surface area contributed by atoms with Crippen LogP contribution in [0.4, 0.5) is 0 Å². The minimum Gasteiger partial charge on any atom is -0.496 e. The fourth-order valence-electron chi connectivity index (χ4n) is 2.38. The highest BCUT2D eigenvalue weighted by molar-refractivity contribution is 5.64. The fourth-order valence-corrected chi connectivity index (χ4v) is 2.38. The third-order valence-electron chi connectivity index (χ3n) is 3.95. The molecule has 3 rings (SSSR count). The minimum absolute atomic E-state index is 0.286. The highest BCUT2D eigenvalue weighted by atomic mass is 16.5. The molecule has 1 saturated heterocycles. The van der Waals surface area contributed by atoms with E-state index in [4.69, 9.17) is 9.26 Å². The van der Waals surface area contributed by atoms with Crippen LogP contribution in [0.1, 0.15) is 24.3 Å². The van der Waals surface area contributed by atoms with Crippen molar-refractivity contribution < 1.29 is 9.26 Å². The van der Waals surface area contributed by atoms with E-state index in [0.29, 0.717) is 17.6 Å². The monoisotopic (exact) mass is 273 g/mol. The topological polar surface area (TPSA) is 60.2 Å². The number of hydrogen-bond donors (Lipinski definition) is 1. The first-order chi connectivity index (χ1) is 9.69. The second-order valence-electron chi connectivity index (χ2n) is 5.37. The maximum atomic E-state index is 5.42. The van der Waals surface area contributed by atoms with Gasteiger partial charge in [0.2, 0.25) is 11.7 Å². The summed E-state index contributed by atoms with van der Waals surface area (Å²) in [5.41, 5.74) is 2.01. The van der Waals surface area contributed by atoms with E-state index in [1.165, 1.54) is 0 Å². The van der Waals surface area contributed by atoms with Gasteiger partial charge < -0.3 is 14.6 Å². The average molecular weight is 273 g/mol. The Hall–Kier alpha value is -1.88. The van der Waals surface area contributed by atoms with Crippen molar-refractivity contribution in [1.82, 2.24) is 15.5 Å². The van der Waals surface area contributed by atoms with Gasteiger partial charge in [-0.1, -0.05) is 18.1 Å². The van der Waals surface area contributed by atoms with Crippen LogP contribution in [0.25, 0.3) is 11.4 Å². The number of rotatable bonds is 4. The molecule has 1 aromatic carbocycles. The van der Waals surface area contributed by atoms with Crippen LogP contribution in [0.5, 0.6) is 5.75 Å². The molecule has 1 aliphatic rings. The average Bonchev–Trinajstić information content (AvgIpc) is 2.85. The summed E-state index contributed by atoms with van der Waals surface area (Å²) in [6.07, 6.45) is 0. The summed E-state index contributed by atoms with van der Waals surface area (Å²) >= 11 is 0. The Morgan fingerprint density at radius 3 is 2.85 bits per heavy atom. The second-order valence-corrected chi connectivity index (χ2v) is 5.37. The van der Waals surface area contributed by atoms with Gasteiger partial charge in [0.15, 0.2) is 0 Å². The lowest BCUT2D eigenvalue weighted by atomic mass is 9.89. The molecule has 1 aromatic heterocycles. The Labute approximate surface area is 118 Å². The van der Waals surface area contributed by atoms with Crippen molar-refractivity contribution in [1.29, 1.82) is 0 Å². The van der Waals surface area contributed by atoms with Gasteiger partial charge in [0.05, 0.1) is 12.7 Å². The van der Waals surface area contributed by atoms with Gasteiger partial charge in [-0.05, 0) is 43.6 Å². The Balaban J connectivity index is 1.89. The van der Waals surface area contributed by atoms with E-state index in [1.54, 1.807) is 7.11 Å². The molecule has 2 heterocycles. The zero-order valence-corrected chi connectivity index (χ0v) is 12.0. The Morgan fingerprint density at radius 2 is 2.20 bits per heavy atom. The van der Waals surface area contributed by atoms with Crippen molar-refractivity contribution in [3.05, 3.63) is 29.7 Å². The first-order valence-electron chi connectivity index (χ1n) is 6.88. The number of benzene rings is 1. The van der Waals surface area contributed by atoms with E-state index in [-0.39, 0.29) is 5.92 Å². The summed E-state index contributed by atoms with van der Waals surface area (Å²) in [7, 11) is 1.65. The quantitative estimate of drug-likeness (QED) is 0.926. The summed E-state index contributed by atoms with van der Waals surface area (Å²) in [6, 6.07) is 5.97. The van der Waals surface area contributed by atoms with Crippen molar-refractivity contribution >= 4 is 0 Å². The molecule has 0 radical (unpaired) electrons. The maximum absolute atomic E-state index is 5.42. The number of nitrogens with zero attached hydrogens (tertiary/aromatic N) is 2. The molecule has 0 saturated carbocycles. The molecule has 5 nitrogen and oxygen atoms in total. The molecule has 1 unspecified atom stereocenters. The fraction of sp³-hybridized carbons (Fsp3) is 0.467. The zero-order valence-electron chi connectivity index (χ0n) is 12.0. The lowest BCUT2D eigenvalue weighted by Crippen LogP contribution is -2.44. The standard InChI is InChI=1S/C15H19N3O2/c1-9-4-5-12(13(6-9)19-3)14-17-15(20-18-14)10(2)11-7-16-8-11/h4-6,10-11,16H,7-8H2,1-3H3. The highest BCUT2D eigenvalue weighted by Crippen LogP contribution is 2.31. The van der Waals surface area contributed by atoms with Crippen molar-refractivity contribution in [3.8, 4) is 17.1 Å². The second kappa shape index (κ2) is 5.25. The Kier molecular flexibility index (Phi) is 3.44. The molecular formula is C15H19N3O2. The van der Waals surface area contributed by atoms with Crippen LogP contribution in [0.2, 0.25) is 0 Å². The van der Waals surface area contributed by atoms with E-state index >= 15 is 0 Å². The van der Waals surface area contributed by atoms with Crippen LogP contribution < -0.4 is 10.1 Å². The molecule has 0 spiro atoms. The highest BCUT2D eigenvalue weighted by Gasteiger charge is 2.29. The zero-order chi connectivity index (χ0) is 14.1. The SMILES string of the molecule is COc1cc(C)ccc1-c1noc(C(C)C2CNC2)n1. The van der Waals surface area contributed by atoms with Gasteiger partial charge >= 0.3 is 0 Å². The van der Waals surface area contributed by atoms with Crippen molar-refractivity contribution in [2.45, 2.75) is 19.8 Å². The first kappa shape index (κ1) is 13.1. The van der Waals surface area contributed by atoms with E-state index in [1.807, 2.05) is 25.1 Å². The largest absolute Gasteiger partial charge is 0.496 e. The van der Waals surface area contributed by atoms with Gasteiger partial charge in [-0.3, -0.25) is 0 Å². The number of aromatic nitrogens is 2. The van der Waals surface area contributed by atoms with E-state index < -0.39 is 0 Å². The van der Waals surface area contributed by atoms with Gasteiger partial charge in [-0.25, -0.2) is 0 Å². The third kappa shape index (κ3) is 2.29. The predicted molar refractivity (Wildman–Crippen MR) is 75.8 cm³/mol. The van der Waals surface area contributed by atoms with Gasteiger partial charge in [0.1, 0.15) is 5.75 Å². The normalized spacial score (nSPS) is 16.8. The van der Waals surface area contributed by atoms with Crippen LogP contribution in [0.15, 0.2) is 22.7 Å².